The molecule has 0 spiro atoms. The number of rotatable bonds is 4. The molecule has 9 heteroatoms. The monoisotopic (exact) mass is 384 g/mol. The first-order chi connectivity index (χ1) is 12.2. The van der Waals surface area contributed by atoms with Gasteiger partial charge in [-0.3, -0.25) is 4.79 Å². The van der Waals surface area contributed by atoms with Crippen molar-refractivity contribution in [2.75, 3.05) is 6.26 Å². The van der Waals surface area contributed by atoms with E-state index in [1.165, 1.54) is 42.9 Å². The molecular formula is C17H11F3O5S. The van der Waals surface area contributed by atoms with E-state index >= 15 is 0 Å². The lowest BCUT2D eigenvalue weighted by Crippen LogP contribution is -2.17. The van der Waals surface area contributed by atoms with Gasteiger partial charge in [0.15, 0.2) is 5.43 Å². The molecule has 3 rings (SSSR count). The minimum atomic E-state index is -4.79. The van der Waals surface area contributed by atoms with Gasteiger partial charge in [-0.15, -0.1) is 13.2 Å². The molecule has 0 aliphatic carbocycles. The number of hydrogen-bond acceptors (Lipinski definition) is 5. The summed E-state index contributed by atoms with van der Waals surface area (Å²) in [5, 5.41) is 0.257. The van der Waals surface area contributed by atoms with E-state index in [-0.39, 0.29) is 33.5 Å². The van der Waals surface area contributed by atoms with Crippen LogP contribution in [0.2, 0.25) is 0 Å². The number of alkyl halides is 3. The molecule has 1 heterocycles. The van der Waals surface area contributed by atoms with Crippen molar-refractivity contribution < 1.29 is 30.7 Å². The normalized spacial score (nSPS) is 12.8. The molecule has 3 aromatic rings. The molecule has 0 aliphatic heterocycles. The highest BCUT2D eigenvalue weighted by atomic mass is 32.2. The van der Waals surface area contributed by atoms with Crippen molar-refractivity contribution in [3.63, 3.8) is 0 Å². The Bertz CT molecular complexity index is 1030. The van der Waals surface area contributed by atoms with Crippen LogP contribution in [0.15, 0.2) is 57.9 Å². The SMILES string of the molecule is CS(=O)Oc1ccc2c(=O)c(-c3ccc(OC(F)(F)F)cc3)coc2c1. The van der Waals surface area contributed by atoms with Gasteiger partial charge in [-0.25, -0.2) is 4.21 Å². The highest BCUT2D eigenvalue weighted by Gasteiger charge is 2.31. The first-order valence-electron chi connectivity index (χ1n) is 7.16. The first kappa shape index (κ1) is 18.0. The van der Waals surface area contributed by atoms with E-state index in [0.717, 1.165) is 12.1 Å². The van der Waals surface area contributed by atoms with E-state index in [4.69, 9.17) is 8.60 Å². The summed E-state index contributed by atoms with van der Waals surface area (Å²) in [6.45, 7) is 0. The third-order valence-electron chi connectivity index (χ3n) is 3.36. The summed E-state index contributed by atoms with van der Waals surface area (Å²) in [5.41, 5.74) is 0.438. The molecule has 0 bridgehead atoms. The van der Waals surface area contributed by atoms with E-state index in [0.29, 0.717) is 5.56 Å². The lowest BCUT2D eigenvalue weighted by molar-refractivity contribution is -0.274. The molecule has 0 N–H and O–H groups in total. The van der Waals surface area contributed by atoms with Crippen LogP contribution in [0.1, 0.15) is 0 Å². The summed E-state index contributed by atoms with van der Waals surface area (Å²) < 4.78 is 61.9. The number of halogens is 3. The second-order valence-corrected chi connectivity index (χ2v) is 6.16. The van der Waals surface area contributed by atoms with E-state index in [1.807, 2.05) is 0 Å². The lowest BCUT2D eigenvalue weighted by atomic mass is 10.1. The van der Waals surface area contributed by atoms with Crippen LogP contribution in [0.3, 0.4) is 0 Å². The highest BCUT2D eigenvalue weighted by Crippen LogP contribution is 2.27. The van der Waals surface area contributed by atoms with Crippen LogP contribution in [0.4, 0.5) is 13.2 Å². The van der Waals surface area contributed by atoms with Gasteiger partial charge in [-0.2, -0.15) is 0 Å². The molecule has 0 radical (unpaired) electrons. The highest BCUT2D eigenvalue weighted by molar-refractivity contribution is 7.79. The Balaban J connectivity index is 1.97. The average Bonchev–Trinajstić information content (AvgIpc) is 2.54. The smallest absolute Gasteiger partial charge is 0.463 e. The molecule has 136 valence electrons. The Labute approximate surface area is 147 Å². The van der Waals surface area contributed by atoms with Gasteiger partial charge in [0.05, 0.1) is 10.9 Å². The fourth-order valence-electron chi connectivity index (χ4n) is 2.33. The maximum absolute atomic E-state index is 12.6. The van der Waals surface area contributed by atoms with E-state index < -0.39 is 17.4 Å². The molecule has 2 aromatic carbocycles. The van der Waals surface area contributed by atoms with Crippen LogP contribution in [0, 0.1) is 0 Å². The minimum Gasteiger partial charge on any atom is -0.463 e. The van der Waals surface area contributed by atoms with Crippen molar-refractivity contribution in [3.8, 4) is 22.6 Å². The van der Waals surface area contributed by atoms with E-state index in [9.17, 15) is 22.2 Å². The predicted molar refractivity (Wildman–Crippen MR) is 89.3 cm³/mol. The zero-order valence-corrected chi connectivity index (χ0v) is 14.0. The van der Waals surface area contributed by atoms with Gasteiger partial charge in [-0.1, -0.05) is 12.1 Å². The Morgan fingerprint density at radius 2 is 1.69 bits per heavy atom. The maximum Gasteiger partial charge on any atom is 0.573 e. The Morgan fingerprint density at radius 3 is 2.31 bits per heavy atom. The van der Waals surface area contributed by atoms with Crippen molar-refractivity contribution in [3.05, 3.63) is 59.0 Å². The molecule has 0 saturated carbocycles. The summed E-state index contributed by atoms with van der Waals surface area (Å²) >= 11 is -1.52. The average molecular weight is 384 g/mol. The standard InChI is InChI=1S/C17H11F3O5S/c1-26(22)25-12-6-7-13-15(8-12)23-9-14(16(13)21)10-2-4-11(5-3-10)24-17(18,19)20/h2-9H,1H3. The molecule has 1 atom stereocenters. The van der Waals surface area contributed by atoms with Gasteiger partial charge in [0.25, 0.3) is 0 Å². The second-order valence-electron chi connectivity index (χ2n) is 5.19. The fourth-order valence-corrected chi connectivity index (χ4v) is 2.71. The summed E-state index contributed by atoms with van der Waals surface area (Å²) in [4.78, 5) is 12.6. The second kappa shape index (κ2) is 6.83. The zero-order valence-electron chi connectivity index (χ0n) is 13.2. The lowest BCUT2D eigenvalue weighted by Gasteiger charge is -2.09. The van der Waals surface area contributed by atoms with Crippen molar-refractivity contribution in [1.29, 1.82) is 0 Å². The van der Waals surface area contributed by atoms with E-state index in [1.54, 1.807) is 0 Å². The molecule has 0 saturated heterocycles. The summed E-state index contributed by atoms with van der Waals surface area (Å²) in [6.07, 6.45) is -2.22. The number of hydrogen-bond donors (Lipinski definition) is 0. The topological polar surface area (TPSA) is 65.7 Å². The van der Waals surface area contributed by atoms with Crippen molar-refractivity contribution in [2.24, 2.45) is 0 Å². The van der Waals surface area contributed by atoms with Gasteiger partial charge in [-0.05, 0) is 29.8 Å². The van der Waals surface area contributed by atoms with Crippen LogP contribution >= 0.6 is 0 Å². The van der Waals surface area contributed by atoms with Gasteiger partial charge in [0.1, 0.15) is 23.3 Å². The largest absolute Gasteiger partial charge is 0.573 e. The number of benzene rings is 2. The number of ether oxygens (including phenoxy) is 1. The Hall–Kier alpha value is -2.81. The van der Waals surface area contributed by atoms with Crippen LogP contribution in [-0.2, 0) is 11.1 Å². The van der Waals surface area contributed by atoms with Gasteiger partial charge < -0.3 is 13.3 Å². The van der Waals surface area contributed by atoms with E-state index in [2.05, 4.69) is 4.74 Å². The fraction of sp³-hybridized carbons (Fsp3) is 0.118. The Morgan fingerprint density at radius 1 is 1.04 bits per heavy atom. The first-order valence-corrected chi connectivity index (χ1v) is 8.65. The molecule has 26 heavy (non-hydrogen) atoms. The van der Waals surface area contributed by atoms with Gasteiger partial charge in [0, 0.05) is 12.3 Å². The van der Waals surface area contributed by atoms with Crippen molar-refractivity contribution in [2.45, 2.75) is 6.36 Å². The molecule has 5 nitrogen and oxygen atoms in total. The predicted octanol–water partition coefficient (Wildman–Crippen LogP) is 4.03. The van der Waals surface area contributed by atoms with Crippen molar-refractivity contribution in [1.82, 2.24) is 0 Å². The van der Waals surface area contributed by atoms with Crippen LogP contribution in [-0.4, -0.2) is 16.8 Å². The minimum absolute atomic E-state index is 0.184. The van der Waals surface area contributed by atoms with Crippen molar-refractivity contribution >= 4 is 22.0 Å². The maximum atomic E-state index is 12.6. The van der Waals surface area contributed by atoms with Crippen LogP contribution in [0.25, 0.3) is 22.1 Å². The molecule has 0 amide bonds. The zero-order chi connectivity index (χ0) is 18.9. The Kier molecular flexibility index (Phi) is 4.73. The quantitative estimate of drug-likeness (QED) is 0.680. The molecular weight excluding hydrogens is 373 g/mol. The molecule has 1 aromatic heterocycles. The summed E-state index contributed by atoms with van der Waals surface area (Å²) in [6, 6.07) is 9.26. The van der Waals surface area contributed by atoms with Gasteiger partial charge in [0.2, 0.25) is 11.1 Å². The number of fused-ring (bicyclic) bond motifs is 1. The van der Waals surface area contributed by atoms with Gasteiger partial charge >= 0.3 is 6.36 Å². The molecule has 1 unspecified atom stereocenters. The van der Waals surface area contributed by atoms with Crippen LogP contribution in [0.5, 0.6) is 11.5 Å². The van der Waals surface area contributed by atoms with Crippen LogP contribution < -0.4 is 14.3 Å². The molecule has 0 fully saturated rings. The summed E-state index contributed by atoms with van der Waals surface area (Å²) in [7, 11) is 0. The molecule has 0 aliphatic rings. The third kappa shape index (κ3) is 4.05. The summed E-state index contributed by atoms with van der Waals surface area (Å²) in [5.74, 6) is -0.108. The third-order valence-corrected chi connectivity index (χ3v) is 3.79.